The summed E-state index contributed by atoms with van der Waals surface area (Å²) in [5.74, 6) is -2.30. The van der Waals surface area contributed by atoms with Gasteiger partial charge in [0.05, 0.1) is 17.3 Å². The molecule has 3 N–H and O–H groups in total. The summed E-state index contributed by atoms with van der Waals surface area (Å²) in [6.07, 6.45) is -3.37. The van der Waals surface area contributed by atoms with Crippen molar-refractivity contribution in [3.63, 3.8) is 0 Å². The topological polar surface area (TPSA) is 124 Å². The number of fused-ring (bicyclic) bond motifs is 1. The largest absolute Gasteiger partial charge is 0.433 e. The SMILES string of the molecule is N#CCNC(=O)C(=O)NCc1ccccc1C(=O)NC1(c2cc(-c3cccc(C(F)(F)F)n3)cc3ccccc23)CC1. The molecule has 1 aromatic heterocycles. The van der Waals surface area contributed by atoms with E-state index in [1.165, 1.54) is 12.1 Å². The Balaban J connectivity index is 1.44. The van der Waals surface area contributed by atoms with E-state index >= 15 is 0 Å². The predicted octanol–water partition coefficient (Wildman–Crippen LogP) is 4.60. The third kappa shape index (κ3) is 5.93. The van der Waals surface area contributed by atoms with Gasteiger partial charge in [-0.15, -0.1) is 0 Å². The molecule has 1 aliphatic carbocycles. The lowest BCUT2D eigenvalue weighted by Crippen LogP contribution is -2.40. The maximum absolute atomic E-state index is 13.6. The first-order valence-corrected chi connectivity index (χ1v) is 13.0. The van der Waals surface area contributed by atoms with Crippen LogP contribution in [0.15, 0.2) is 78.9 Å². The lowest BCUT2D eigenvalue weighted by Gasteiger charge is -2.22. The van der Waals surface area contributed by atoms with Crippen LogP contribution in [0, 0.1) is 11.3 Å². The highest BCUT2D eigenvalue weighted by molar-refractivity contribution is 6.35. The van der Waals surface area contributed by atoms with Crippen molar-refractivity contribution in [1.82, 2.24) is 20.9 Å². The Morgan fingerprint density at radius 1 is 0.905 bits per heavy atom. The van der Waals surface area contributed by atoms with Crippen molar-refractivity contribution in [3.8, 4) is 17.3 Å². The minimum Gasteiger partial charge on any atom is -0.344 e. The van der Waals surface area contributed by atoms with Crippen LogP contribution in [0.3, 0.4) is 0 Å². The fourth-order valence-corrected chi connectivity index (χ4v) is 4.83. The average Bonchev–Trinajstić information content (AvgIpc) is 3.78. The third-order valence-corrected chi connectivity index (χ3v) is 7.05. The molecule has 0 atom stereocenters. The van der Waals surface area contributed by atoms with Crippen LogP contribution in [0.25, 0.3) is 22.0 Å². The number of rotatable bonds is 7. The van der Waals surface area contributed by atoms with E-state index in [4.69, 9.17) is 5.26 Å². The van der Waals surface area contributed by atoms with E-state index in [0.29, 0.717) is 29.5 Å². The Bertz CT molecular complexity index is 1740. The van der Waals surface area contributed by atoms with E-state index < -0.39 is 35.1 Å². The summed E-state index contributed by atoms with van der Waals surface area (Å²) in [4.78, 5) is 41.3. The number of aromatic nitrogens is 1. The summed E-state index contributed by atoms with van der Waals surface area (Å²) in [7, 11) is 0. The van der Waals surface area contributed by atoms with E-state index in [1.807, 2.05) is 24.3 Å². The number of carbonyl (C=O) groups excluding carboxylic acids is 3. The summed E-state index contributed by atoms with van der Waals surface area (Å²) in [6.45, 7) is -0.415. The molecule has 5 rings (SSSR count). The molecule has 0 saturated heterocycles. The van der Waals surface area contributed by atoms with E-state index in [0.717, 1.165) is 22.4 Å². The summed E-state index contributed by atoms with van der Waals surface area (Å²) in [5.41, 5.74) is 0.438. The number of carbonyl (C=O) groups is 3. The molecule has 1 heterocycles. The number of hydrogen-bond acceptors (Lipinski definition) is 5. The molecule has 1 saturated carbocycles. The number of pyridine rings is 1. The van der Waals surface area contributed by atoms with Gasteiger partial charge < -0.3 is 16.0 Å². The molecule has 3 amide bonds. The maximum Gasteiger partial charge on any atom is 0.433 e. The van der Waals surface area contributed by atoms with Crippen LogP contribution in [0.2, 0.25) is 0 Å². The Morgan fingerprint density at radius 2 is 1.62 bits per heavy atom. The van der Waals surface area contributed by atoms with Gasteiger partial charge in [0.2, 0.25) is 0 Å². The van der Waals surface area contributed by atoms with E-state index in [-0.39, 0.29) is 18.8 Å². The van der Waals surface area contributed by atoms with Crippen molar-refractivity contribution in [2.45, 2.75) is 31.1 Å². The van der Waals surface area contributed by atoms with Crippen molar-refractivity contribution in [3.05, 3.63) is 101 Å². The lowest BCUT2D eigenvalue weighted by atomic mass is 9.92. The number of nitrogens with one attached hydrogen (secondary N) is 3. The number of nitrogens with zero attached hydrogens (tertiary/aromatic N) is 2. The quantitative estimate of drug-likeness (QED) is 0.221. The second kappa shape index (κ2) is 11.3. The normalized spacial score (nSPS) is 13.6. The van der Waals surface area contributed by atoms with Gasteiger partial charge in [0.1, 0.15) is 12.2 Å². The van der Waals surface area contributed by atoms with Crippen LogP contribution in [0.1, 0.15) is 40.0 Å². The van der Waals surface area contributed by atoms with Gasteiger partial charge >= 0.3 is 18.0 Å². The molecular formula is C31H24F3N5O3. The molecule has 3 aromatic carbocycles. The van der Waals surface area contributed by atoms with Crippen LogP contribution in [0.5, 0.6) is 0 Å². The highest BCUT2D eigenvalue weighted by Crippen LogP contribution is 2.49. The van der Waals surface area contributed by atoms with Crippen LogP contribution in [-0.4, -0.2) is 29.3 Å². The Hall–Kier alpha value is -5.24. The van der Waals surface area contributed by atoms with Crippen LogP contribution >= 0.6 is 0 Å². The first-order chi connectivity index (χ1) is 20.1. The Morgan fingerprint density at radius 3 is 2.36 bits per heavy atom. The first-order valence-electron chi connectivity index (χ1n) is 13.0. The smallest absolute Gasteiger partial charge is 0.344 e. The molecule has 0 aliphatic heterocycles. The third-order valence-electron chi connectivity index (χ3n) is 7.05. The minimum absolute atomic E-state index is 0.102. The van der Waals surface area contributed by atoms with Gasteiger partial charge in [-0.2, -0.15) is 18.4 Å². The molecular weight excluding hydrogens is 547 g/mol. The Kier molecular flexibility index (Phi) is 7.63. The van der Waals surface area contributed by atoms with Crippen LogP contribution < -0.4 is 16.0 Å². The summed E-state index contributed by atoms with van der Waals surface area (Å²) in [5, 5.41) is 17.9. The Labute approximate surface area is 238 Å². The van der Waals surface area contributed by atoms with Gasteiger partial charge in [0, 0.05) is 17.7 Å². The molecule has 4 aromatic rings. The number of alkyl halides is 3. The lowest BCUT2D eigenvalue weighted by molar-refractivity contribution is -0.141. The zero-order valence-corrected chi connectivity index (χ0v) is 22.1. The number of halogens is 3. The summed E-state index contributed by atoms with van der Waals surface area (Å²) in [6, 6.07) is 23.1. The van der Waals surface area contributed by atoms with Crippen LogP contribution in [-0.2, 0) is 27.8 Å². The second-order valence-electron chi connectivity index (χ2n) is 9.87. The van der Waals surface area contributed by atoms with Crippen molar-refractivity contribution in [2.75, 3.05) is 6.54 Å². The molecule has 212 valence electrons. The molecule has 0 unspecified atom stereocenters. The molecule has 1 fully saturated rings. The molecule has 42 heavy (non-hydrogen) atoms. The fraction of sp³-hybridized carbons (Fsp3) is 0.194. The number of amides is 3. The standard InChI is InChI=1S/C31H24F3N5O3/c32-31(33,34)26-11-5-10-25(38-26)21-16-19-6-1-3-8-22(19)24(17-21)30(12-13-30)39-27(40)23-9-4-2-7-20(23)18-37-29(42)28(41)36-15-14-35/h1-11,16-17H,12-13,15,18H2,(H,36,41)(H,37,42)(H,39,40). The molecule has 0 radical (unpaired) electrons. The molecule has 1 aliphatic rings. The van der Waals surface area contributed by atoms with Crippen molar-refractivity contribution < 1.29 is 27.6 Å². The number of nitriles is 1. The minimum atomic E-state index is -4.59. The van der Waals surface area contributed by atoms with E-state index in [1.54, 1.807) is 42.5 Å². The van der Waals surface area contributed by atoms with E-state index in [9.17, 15) is 27.6 Å². The fourth-order valence-electron chi connectivity index (χ4n) is 4.83. The van der Waals surface area contributed by atoms with Crippen molar-refractivity contribution in [1.29, 1.82) is 5.26 Å². The van der Waals surface area contributed by atoms with Gasteiger partial charge in [0.15, 0.2) is 0 Å². The van der Waals surface area contributed by atoms with Crippen LogP contribution in [0.4, 0.5) is 13.2 Å². The number of hydrogen-bond donors (Lipinski definition) is 3. The average molecular weight is 572 g/mol. The highest BCUT2D eigenvalue weighted by Gasteiger charge is 2.47. The van der Waals surface area contributed by atoms with Gasteiger partial charge in [-0.25, -0.2) is 4.98 Å². The van der Waals surface area contributed by atoms with Gasteiger partial charge in [-0.3, -0.25) is 14.4 Å². The molecule has 0 spiro atoms. The first kappa shape index (κ1) is 28.3. The maximum atomic E-state index is 13.6. The monoisotopic (exact) mass is 571 g/mol. The molecule has 11 heteroatoms. The molecule has 8 nitrogen and oxygen atoms in total. The van der Waals surface area contributed by atoms with Gasteiger partial charge in [-0.05, 0) is 65.1 Å². The molecule has 0 bridgehead atoms. The number of benzene rings is 3. The second-order valence-corrected chi connectivity index (χ2v) is 9.87. The van der Waals surface area contributed by atoms with Crippen molar-refractivity contribution in [2.24, 2.45) is 0 Å². The zero-order chi connectivity index (χ0) is 29.9. The van der Waals surface area contributed by atoms with Gasteiger partial charge in [0.25, 0.3) is 5.91 Å². The van der Waals surface area contributed by atoms with E-state index in [2.05, 4.69) is 20.9 Å². The van der Waals surface area contributed by atoms with Gasteiger partial charge in [-0.1, -0.05) is 48.5 Å². The predicted molar refractivity (Wildman–Crippen MR) is 147 cm³/mol. The van der Waals surface area contributed by atoms with Crippen molar-refractivity contribution >= 4 is 28.5 Å². The zero-order valence-electron chi connectivity index (χ0n) is 22.1. The summed E-state index contributed by atoms with van der Waals surface area (Å²) >= 11 is 0. The summed E-state index contributed by atoms with van der Waals surface area (Å²) < 4.78 is 40.1. The highest BCUT2D eigenvalue weighted by atomic mass is 19.4.